The standard InChI is InChI=1S/C33H38N4O/c1-25(2)31(37(23-27-15-12-20-34-21-27)33(38)29-18-10-5-11-19-29)32-35-30(28-16-8-4-9-17-28)24-36(32)22-26-13-6-3-7-14-26/h3-11,13-14,16-19,24-25,27,31,34H,12,15,20-23H2,1-2H3/t27-,31+/m0/s1. The van der Waals surface area contributed by atoms with E-state index in [4.69, 9.17) is 4.98 Å². The van der Waals surface area contributed by atoms with Crippen LogP contribution in [0.3, 0.4) is 0 Å². The smallest absolute Gasteiger partial charge is 0.254 e. The molecule has 1 N–H and O–H groups in total. The molecule has 1 amide bonds. The minimum absolute atomic E-state index is 0.0744. The fraction of sp³-hybridized carbons (Fsp3) is 0.333. The Morgan fingerprint density at radius 2 is 1.63 bits per heavy atom. The minimum atomic E-state index is -0.161. The van der Waals surface area contributed by atoms with Gasteiger partial charge in [0.25, 0.3) is 5.91 Å². The van der Waals surface area contributed by atoms with E-state index >= 15 is 0 Å². The van der Waals surface area contributed by atoms with E-state index in [1.165, 1.54) is 5.56 Å². The van der Waals surface area contributed by atoms with E-state index in [0.29, 0.717) is 19.0 Å². The van der Waals surface area contributed by atoms with Gasteiger partial charge in [-0.3, -0.25) is 4.79 Å². The second-order valence-corrected chi connectivity index (χ2v) is 10.7. The number of nitrogens with zero attached hydrogens (tertiary/aromatic N) is 3. The summed E-state index contributed by atoms with van der Waals surface area (Å²) in [5.74, 6) is 1.62. The number of hydrogen-bond acceptors (Lipinski definition) is 3. The van der Waals surface area contributed by atoms with Crippen molar-refractivity contribution in [1.29, 1.82) is 0 Å². The van der Waals surface area contributed by atoms with Gasteiger partial charge in [-0.05, 0) is 55.5 Å². The van der Waals surface area contributed by atoms with Gasteiger partial charge < -0.3 is 14.8 Å². The molecule has 4 aromatic rings. The SMILES string of the molecule is CC(C)[C@H](c1nc(-c2ccccc2)cn1Cc1ccccc1)N(C[C@H]1CCCNC1)C(=O)c1ccccc1. The number of amides is 1. The van der Waals surface area contributed by atoms with Crippen LogP contribution in [-0.4, -0.2) is 40.0 Å². The molecular weight excluding hydrogens is 468 g/mol. The van der Waals surface area contributed by atoms with E-state index in [1.807, 2.05) is 54.6 Å². The summed E-state index contributed by atoms with van der Waals surface area (Å²) in [5, 5.41) is 3.54. The van der Waals surface area contributed by atoms with Crippen LogP contribution in [0, 0.1) is 11.8 Å². The zero-order valence-corrected chi connectivity index (χ0v) is 22.5. The van der Waals surface area contributed by atoms with Crippen molar-refractivity contribution in [1.82, 2.24) is 19.8 Å². The topological polar surface area (TPSA) is 50.2 Å². The number of hydrogen-bond donors (Lipinski definition) is 1. The van der Waals surface area contributed by atoms with E-state index < -0.39 is 0 Å². The van der Waals surface area contributed by atoms with Crippen molar-refractivity contribution in [2.75, 3.05) is 19.6 Å². The van der Waals surface area contributed by atoms with E-state index in [2.05, 4.69) is 71.2 Å². The van der Waals surface area contributed by atoms with Gasteiger partial charge in [-0.15, -0.1) is 0 Å². The lowest BCUT2D eigenvalue weighted by Gasteiger charge is -2.38. The largest absolute Gasteiger partial charge is 0.328 e. The molecule has 3 aromatic carbocycles. The Morgan fingerprint density at radius 1 is 0.974 bits per heavy atom. The van der Waals surface area contributed by atoms with Gasteiger partial charge in [0, 0.05) is 30.4 Å². The molecule has 1 saturated heterocycles. The Bertz CT molecular complexity index is 1290. The zero-order chi connectivity index (χ0) is 26.3. The summed E-state index contributed by atoms with van der Waals surface area (Å²) < 4.78 is 2.26. The number of nitrogens with one attached hydrogen (secondary N) is 1. The van der Waals surface area contributed by atoms with Gasteiger partial charge in [0.2, 0.25) is 0 Å². The number of piperidine rings is 1. The quantitative estimate of drug-likeness (QED) is 0.284. The molecule has 0 aliphatic carbocycles. The highest BCUT2D eigenvalue weighted by Gasteiger charge is 2.34. The molecule has 1 aliphatic heterocycles. The highest BCUT2D eigenvalue weighted by atomic mass is 16.2. The summed E-state index contributed by atoms with van der Waals surface area (Å²) in [6, 6.07) is 30.4. The fourth-order valence-corrected chi connectivity index (χ4v) is 5.55. The molecule has 5 heteroatoms. The maximum atomic E-state index is 14.2. The lowest BCUT2D eigenvalue weighted by atomic mass is 9.94. The van der Waals surface area contributed by atoms with E-state index in [9.17, 15) is 4.79 Å². The van der Waals surface area contributed by atoms with Crippen molar-refractivity contribution in [2.45, 2.75) is 39.3 Å². The van der Waals surface area contributed by atoms with Crippen LogP contribution in [-0.2, 0) is 6.54 Å². The first-order valence-corrected chi connectivity index (χ1v) is 13.8. The average molecular weight is 507 g/mol. The number of carbonyl (C=O) groups excluding carboxylic acids is 1. The van der Waals surface area contributed by atoms with Crippen molar-refractivity contribution in [2.24, 2.45) is 11.8 Å². The normalized spacial score (nSPS) is 16.3. The van der Waals surface area contributed by atoms with Crippen LogP contribution in [0.25, 0.3) is 11.3 Å². The molecule has 1 aliphatic rings. The van der Waals surface area contributed by atoms with Gasteiger partial charge >= 0.3 is 0 Å². The fourth-order valence-electron chi connectivity index (χ4n) is 5.55. The molecule has 0 bridgehead atoms. The Labute approximate surface area is 226 Å². The molecule has 0 saturated carbocycles. The third-order valence-electron chi connectivity index (χ3n) is 7.44. The van der Waals surface area contributed by atoms with Crippen LogP contribution in [0.15, 0.2) is 97.2 Å². The van der Waals surface area contributed by atoms with Crippen molar-refractivity contribution in [3.63, 3.8) is 0 Å². The number of carbonyl (C=O) groups is 1. The van der Waals surface area contributed by atoms with Gasteiger partial charge in [0.1, 0.15) is 5.82 Å². The Hall–Kier alpha value is -3.70. The van der Waals surface area contributed by atoms with Crippen LogP contribution in [0.5, 0.6) is 0 Å². The Balaban J connectivity index is 1.59. The molecule has 5 nitrogen and oxygen atoms in total. The summed E-state index contributed by atoms with van der Waals surface area (Å²) >= 11 is 0. The highest BCUT2D eigenvalue weighted by molar-refractivity contribution is 5.94. The molecular formula is C33H38N4O. The molecule has 0 spiro atoms. The van der Waals surface area contributed by atoms with Gasteiger partial charge in [-0.25, -0.2) is 4.98 Å². The first-order chi connectivity index (χ1) is 18.6. The number of benzene rings is 3. The van der Waals surface area contributed by atoms with Gasteiger partial charge in [-0.2, -0.15) is 0 Å². The second-order valence-electron chi connectivity index (χ2n) is 10.7. The maximum Gasteiger partial charge on any atom is 0.254 e. The first kappa shape index (κ1) is 25.9. The van der Waals surface area contributed by atoms with Crippen molar-refractivity contribution in [3.8, 4) is 11.3 Å². The average Bonchev–Trinajstić information content (AvgIpc) is 3.37. The lowest BCUT2D eigenvalue weighted by molar-refractivity contribution is 0.0546. The van der Waals surface area contributed by atoms with E-state index in [0.717, 1.165) is 48.6 Å². The predicted molar refractivity (Wildman–Crippen MR) is 154 cm³/mol. The lowest BCUT2D eigenvalue weighted by Crippen LogP contribution is -2.45. The zero-order valence-electron chi connectivity index (χ0n) is 22.5. The molecule has 0 radical (unpaired) electrons. The Morgan fingerprint density at radius 3 is 2.26 bits per heavy atom. The molecule has 5 rings (SSSR count). The monoisotopic (exact) mass is 506 g/mol. The molecule has 2 heterocycles. The molecule has 196 valence electrons. The predicted octanol–water partition coefficient (Wildman–Crippen LogP) is 6.44. The van der Waals surface area contributed by atoms with Crippen molar-refractivity contribution < 1.29 is 4.79 Å². The molecule has 2 atom stereocenters. The molecule has 1 fully saturated rings. The summed E-state index contributed by atoms with van der Waals surface area (Å²) in [6.07, 6.45) is 4.43. The molecule has 1 aromatic heterocycles. The number of rotatable bonds is 9. The Kier molecular flexibility index (Phi) is 8.34. The van der Waals surface area contributed by atoms with Gasteiger partial charge in [-0.1, -0.05) is 92.7 Å². The van der Waals surface area contributed by atoms with Crippen LogP contribution < -0.4 is 5.32 Å². The van der Waals surface area contributed by atoms with Crippen molar-refractivity contribution in [3.05, 3.63) is 114 Å². The third kappa shape index (κ3) is 6.05. The van der Waals surface area contributed by atoms with E-state index in [1.54, 1.807) is 0 Å². The molecule has 38 heavy (non-hydrogen) atoms. The summed E-state index contributed by atoms with van der Waals surface area (Å²) in [6.45, 7) is 7.83. The number of aromatic nitrogens is 2. The minimum Gasteiger partial charge on any atom is -0.328 e. The van der Waals surface area contributed by atoms with Crippen molar-refractivity contribution >= 4 is 5.91 Å². The van der Waals surface area contributed by atoms with Gasteiger partial charge in [0.05, 0.1) is 11.7 Å². The second kappa shape index (κ2) is 12.2. The van der Waals surface area contributed by atoms with Crippen LogP contribution in [0.4, 0.5) is 0 Å². The summed E-state index contributed by atoms with van der Waals surface area (Å²) in [7, 11) is 0. The molecule has 0 unspecified atom stereocenters. The summed E-state index contributed by atoms with van der Waals surface area (Å²) in [5.41, 5.74) is 3.96. The third-order valence-corrected chi connectivity index (χ3v) is 7.44. The number of imidazole rings is 1. The van der Waals surface area contributed by atoms with Gasteiger partial charge in [0.15, 0.2) is 0 Å². The van der Waals surface area contributed by atoms with Crippen LogP contribution >= 0.6 is 0 Å². The highest BCUT2D eigenvalue weighted by Crippen LogP contribution is 2.33. The first-order valence-electron chi connectivity index (χ1n) is 13.8. The van der Waals surface area contributed by atoms with Crippen LogP contribution in [0.1, 0.15) is 54.5 Å². The van der Waals surface area contributed by atoms with Crippen LogP contribution in [0.2, 0.25) is 0 Å². The maximum absolute atomic E-state index is 14.2. The summed E-state index contributed by atoms with van der Waals surface area (Å²) in [4.78, 5) is 21.5. The van der Waals surface area contributed by atoms with E-state index in [-0.39, 0.29) is 17.9 Å².